The van der Waals surface area contributed by atoms with Gasteiger partial charge in [0.05, 0.1) is 4.92 Å². The molecule has 16 heavy (non-hydrogen) atoms. The lowest BCUT2D eigenvalue weighted by Gasteiger charge is -2.05. The van der Waals surface area contributed by atoms with Crippen LogP contribution < -0.4 is 5.32 Å². The summed E-state index contributed by atoms with van der Waals surface area (Å²) in [6.45, 7) is 2.31. The minimum Gasteiger partial charge on any atom is -0.378 e. The molecule has 0 fully saturated rings. The molecule has 4 nitrogen and oxygen atoms in total. The van der Waals surface area contributed by atoms with Gasteiger partial charge in [0.25, 0.3) is 0 Å². The van der Waals surface area contributed by atoms with E-state index >= 15 is 0 Å². The van der Waals surface area contributed by atoms with Gasteiger partial charge in [0.15, 0.2) is 0 Å². The number of halogens is 1. The van der Waals surface area contributed by atoms with Gasteiger partial charge in [-0.1, -0.05) is 17.7 Å². The Kier molecular flexibility index (Phi) is 4.62. The van der Waals surface area contributed by atoms with Crippen LogP contribution in [0.15, 0.2) is 18.2 Å². The van der Waals surface area contributed by atoms with E-state index in [0.29, 0.717) is 18.7 Å². The van der Waals surface area contributed by atoms with Crippen LogP contribution >= 0.6 is 11.6 Å². The zero-order valence-electron chi connectivity index (χ0n) is 8.79. The number of anilines is 1. The standard InChI is InChI=1S/C11H11ClN2O2/c1-2-3-4-8-13-10-7-5-6-9(12)11(10)14(15)16/h5-7,13H,4,8H2,1H3. The molecule has 0 aliphatic heterocycles. The van der Waals surface area contributed by atoms with E-state index in [0.717, 1.165) is 0 Å². The van der Waals surface area contributed by atoms with E-state index in [9.17, 15) is 10.1 Å². The van der Waals surface area contributed by atoms with Crippen LogP contribution in [-0.4, -0.2) is 11.5 Å². The molecule has 1 N–H and O–H groups in total. The van der Waals surface area contributed by atoms with Gasteiger partial charge in [-0.2, -0.15) is 0 Å². The Balaban J connectivity index is 2.81. The second-order valence-corrected chi connectivity index (χ2v) is 3.40. The molecule has 0 bridgehead atoms. The highest BCUT2D eigenvalue weighted by atomic mass is 35.5. The van der Waals surface area contributed by atoms with Gasteiger partial charge in [-0.25, -0.2) is 0 Å². The number of nitro groups is 1. The summed E-state index contributed by atoms with van der Waals surface area (Å²) < 4.78 is 0. The summed E-state index contributed by atoms with van der Waals surface area (Å²) in [5, 5.41) is 13.9. The minimum atomic E-state index is -0.490. The van der Waals surface area contributed by atoms with Gasteiger partial charge in [-0.3, -0.25) is 10.1 Å². The first-order valence-corrected chi connectivity index (χ1v) is 5.11. The molecule has 0 amide bonds. The van der Waals surface area contributed by atoms with Gasteiger partial charge in [0.1, 0.15) is 10.7 Å². The van der Waals surface area contributed by atoms with E-state index in [4.69, 9.17) is 11.6 Å². The molecule has 1 aromatic carbocycles. The van der Waals surface area contributed by atoms with E-state index in [1.165, 1.54) is 6.07 Å². The Bertz CT molecular complexity index is 449. The van der Waals surface area contributed by atoms with Crippen molar-refractivity contribution in [2.45, 2.75) is 13.3 Å². The number of rotatable bonds is 4. The Morgan fingerprint density at radius 3 is 2.94 bits per heavy atom. The third-order valence-corrected chi connectivity index (χ3v) is 2.22. The Morgan fingerprint density at radius 1 is 1.56 bits per heavy atom. The van der Waals surface area contributed by atoms with Crippen LogP contribution in [0, 0.1) is 22.0 Å². The first-order chi connectivity index (χ1) is 7.66. The normalized spacial score (nSPS) is 9.12. The average molecular weight is 239 g/mol. The molecule has 0 spiro atoms. The van der Waals surface area contributed by atoms with Crippen molar-refractivity contribution in [3.8, 4) is 11.8 Å². The average Bonchev–Trinajstić information content (AvgIpc) is 2.24. The molecule has 0 aliphatic carbocycles. The lowest BCUT2D eigenvalue weighted by atomic mass is 10.2. The molecule has 0 atom stereocenters. The molecule has 0 heterocycles. The molecule has 5 heteroatoms. The van der Waals surface area contributed by atoms with Crippen molar-refractivity contribution < 1.29 is 4.92 Å². The fourth-order valence-electron chi connectivity index (χ4n) is 1.23. The van der Waals surface area contributed by atoms with Crippen molar-refractivity contribution in [1.29, 1.82) is 0 Å². The third-order valence-electron chi connectivity index (χ3n) is 1.91. The highest BCUT2D eigenvalue weighted by molar-refractivity contribution is 6.33. The molecule has 0 saturated heterocycles. The quantitative estimate of drug-likeness (QED) is 0.380. The predicted molar refractivity (Wildman–Crippen MR) is 64.7 cm³/mol. The Labute approximate surface area is 98.8 Å². The summed E-state index contributed by atoms with van der Waals surface area (Å²) in [5.41, 5.74) is 0.337. The van der Waals surface area contributed by atoms with E-state index < -0.39 is 4.92 Å². The van der Waals surface area contributed by atoms with Crippen LogP contribution in [0.5, 0.6) is 0 Å². The summed E-state index contributed by atoms with van der Waals surface area (Å²) in [6.07, 6.45) is 0.639. The van der Waals surface area contributed by atoms with Gasteiger partial charge in [0.2, 0.25) is 0 Å². The summed E-state index contributed by atoms with van der Waals surface area (Å²) in [6, 6.07) is 4.79. The zero-order valence-corrected chi connectivity index (χ0v) is 9.54. The number of nitro benzene ring substituents is 1. The molecule has 84 valence electrons. The van der Waals surface area contributed by atoms with E-state index in [1.54, 1.807) is 19.1 Å². The van der Waals surface area contributed by atoms with Crippen LogP contribution in [0.4, 0.5) is 11.4 Å². The van der Waals surface area contributed by atoms with Crippen molar-refractivity contribution in [2.75, 3.05) is 11.9 Å². The van der Waals surface area contributed by atoms with Crippen LogP contribution in [-0.2, 0) is 0 Å². The van der Waals surface area contributed by atoms with Crippen LogP contribution in [0.2, 0.25) is 5.02 Å². The Hall–Kier alpha value is -1.73. The lowest BCUT2D eigenvalue weighted by molar-refractivity contribution is -0.383. The van der Waals surface area contributed by atoms with Crippen molar-refractivity contribution in [3.63, 3.8) is 0 Å². The maximum Gasteiger partial charge on any atom is 0.310 e. The molecule has 0 radical (unpaired) electrons. The van der Waals surface area contributed by atoms with Gasteiger partial charge < -0.3 is 5.32 Å². The Morgan fingerprint density at radius 2 is 2.31 bits per heavy atom. The molecular weight excluding hydrogens is 228 g/mol. The number of benzene rings is 1. The topological polar surface area (TPSA) is 55.2 Å². The number of nitrogens with zero attached hydrogens (tertiary/aromatic N) is 1. The van der Waals surface area contributed by atoms with Gasteiger partial charge in [-0.15, -0.1) is 11.8 Å². The monoisotopic (exact) mass is 238 g/mol. The molecule has 0 unspecified atom stereocenters. The van der Waals surface area contributed by atoms with Crippen LogP contribution in [0.25, 0.3) is 0 Å². The fraction of sp³-hybridized carbons (Fsp3) is 0.273. The molecule has 0 aromatic heterocycles. The number of nitrogens with one attached hydrogen (secondary N) is 1. The van der Waals surface area contributed by atoms with Crippen molar-refractivity contribution in [1.82, 2.24) is 0 Å². The summed E-state index contributed by atoms with van der Waals surface area (Å²) in [7, 11) is 0. The largest absolute Gasteiger partial charge is 0.378 e. The zero-order chi connectivity index (χ0) is 12.0. The van der Waals surface area contributed by atoms with Crippen LogP contribution in [0.3, 0.4) is 0 Å². The van der Waals surface area contributed by atoms with Gasteiger partial charge in [0, 0.05) is 13.0 Å². The lowest BCUT2D eigenvalue weighted by Crippen LogP contribution is -2.03. The smallest absolute Gasteiger partial charge is 0.310 e. The highest BCUT2D eigenvalue weighted by Gasteiger charge is 2.17. The van der Waals surface area contributed by atoms with E-state index in [2.05, 4.69) is 17.2 Å². The van der Waals surface area contributed by atoms with Crippen LogP contribution in [0.1, 0.15) is 13.3 Å². The van der Waals surface area contributed by atoms with Crippen molar-refractivity contribution >= 4 is 23.0 Å². The SMILES string of the molecule is CC#CCCNc1cccc(Cl)c1[N+](=O)[O-]. The molecule has 0 saturated carbocycles. The predicted octanol–water partition coefficient (Wildman–Crippen LogP) is 3.07. The third kappa shape index (κ3) is 3.14. The molecule has 0 aliphatic rings. The summed E-state index contributed by atoms with van der Waals surface area (Å²) in [5.74, 6) is 5.62. The van der Waals surface area contributed by atoms with E-state index in [-0.39, 0.29) is 10.7 Å². The number of hydrogen-bond acceptors (Lipinski definition) is 3. The highest BCUT2D eigenvalue weighted by Crippen LogP contribution is 2.31. The number of hydrogen-bond donors (Lipinski definition) is 1. The van der Waals surface area contributed by atoms with Crippen molar-refractivity contribution in [2.24, 2.45) is 0 Å². The maximum absolute atomic E-state index is 10.8. The molecule has 1 rings (SSSR count). The second kappa shape index (κ2) is 5.99. The number of para-hydroxylation sites is 1. The first-order valence-electron chi connectivity index (χ1n) is 4.73. The fourth-order valence-corrected chi connectivity index (χ4v) is 1.47. The molecular formula is C11H11ClN2O2. The minimum absolute atomic E-state index is 0.0892. The second-order valence-electron chi connectivity index (χ2n) is 3.00. The molecule has 1 aromatic rings. The maximum atomic E-state index is 10.8. The summed E-state index contributed by atoms with van der Waals surface area (Å²) in [4.78, 5) is 10.3. The van der Waals surface area contributed by atoms with Gasteiger partial charge in [-0.05, 0) is 19.1 Å². The van der Waals surface area contributed by atoms with Crippen molar-refractivity contribution in [3.05, 3.63) is 33.3 Å². The summed E-state index contributed by atoms with van der Waals surface area (Å²) >= 11 is 5.75. The first kappa shape index (κ1) is 12.3. The van der Waals surface area contributed by atoms with E-state index in [1.807, 2.05) is 0 Å². The van der Waals surface area contributed by atoms with Gasteiger partial charge >= 0.3 is 5.69 Å².